The van der Waals surface area contributed by atoms with E-state index in [1.165, 1.54) is 7.05 Å². The molecule has 0 aliphatic rings. The summed E-state index contributed by atoms with van der Waals surface area (Å²) in [5.74, 6) is -2.67. The van der Waals surface area contributed by atoms with E-state index >= 15 is 0 Å². The van der Waals surface area contributed by atoms with Crippen molar-refractivity contribution in [2.24, 2.45) is 7.05 Å². The smallest absolute Gasteiger partial charge is 0.341 e. The molecule has 76 valence electrons. The highest BCUT2D eigenvalue weighted by atomic mass is 16.5. The van der Waals surface area contributed by atoms with E-state index in [9.17, 15) is 14.7 Å². The van der Waals surface area contributed by atoms with Crippen molar-refractivity contribution in [1.29, 1.82) is 0 Å². The average Bonchev–Trinajstić information content (AvgIpc) is 2.32. The predicted octanol–water partition coefficient (Wildman–Crippen LogP) is 0.354. The van der Waals surface area contributed by atoms with Crippen LogP contribution in [0.2, 0.25) is 0 Å². The molecule has 1 rings (SSSR count). The van der Waals surface area contributed by atoms with Crippen LogP contribution in [0.4, 0.5) is 0 Å². The number of carboxylic acids is 1. The Morgan fingerprint density at radius 3 is 2.50 bits per heavy atom. The molecular weight excluding hydrogens is 190 g/mol. The minimum absolute atomic E-state index is 0.250. The van der Waals surface area contributed by atoms with Gasteiger partial charge in [-0.25, -0.2) is 4.79 Å². The Kier molecular flexibility index (Phi) is 2.46. The quantitative estimate of drug-likeness (QED) is 0.671. The number of aromatic hydroxyl groups is 1. The van der Waals surface area contributed by atoms with E-state index in [4.69, 9.17) is 5.11 Å². The first kappa shape index (κ1) is 10.1. The van der Waals surface area contributed by atoms with Crippen LogP contribution in [-0.2, 0) is 11.8 Å². The van der Waals surface area contributed by atoms with Crippen molar-refractivity contribution in [3.8, 4) is 11.6 Å². The molecule has 6 heteroatoms. The van der Waals surface area contributed by atoms with Crippen molar-refractivity contribution in [3.63, 3.8) is 0 Å². The summed E-state index contributed by atoms with van der Waals surface area (Å²) in [5.41, 5.74) is -0.250. The highest BCUT2D eigenvalue weighted by molar-refractivity contribution is 5.93. The zero-order valence-corrected chi connectivity index (χ0v) is 7.64. The highest BCUT2D eigenvalue weighted by Gasteiger charge is 2.21. The summed E-state index contributed by atoms with van der Waals surface area (Å²) in [6.45, 7) is 1.12. The second-order valence-electron chi connectivity index (χ2n) is 2.71. The second-order valence-corrected chi connectivity index (χ2v) is 2.71. The number of nitrogens with zero attached hydrogens (tertiary/aromatic N) is 1. The van der Waals surface area contributed by atoms with Gasteiger partial charge in [0, 0.05) is 20.2 Å². The molecule has 14 heavy (non-hydrogen) atoms. The molecule has 0 atom stereocenters. The van der Waals surface area contributed by atoms with Crippen molar-refractivity contribution in [2.45, 2.75) is 6.92 Å². The van der Waals surface area contributed by atoms with Crippen LogP contribution in [0.3, 0.4) is 0 Å². The van der Waals surface area contributed by atoms with E-state index in [0.717, 1.165) is 17.7 Å². The number of carbonyl (C=O) groups is 2. The van der Waals surface area contributed by atoms with Crippen LogP contribution < -0.4 is 4.74 Å². The van der Waals surface area contributed by atoms with Crippen LogP contribution in [0, 0.1) is 0 Å². The lowest BCUT2D eigenvalue weighted by Crippen LogP contribution is -2.05. The van der Waals surface area contributed by atoms with Gasteiger partial charge in [-0.15, -0.1) is 0 Å². The van der Waals surface area contributed by atoms with Crippen molar-refractivity contribution in [3.05, 3.63) is 11.8 Å². The van der Waals surface area contributed by atoms with Gasteiger partial charge in [0.15, 0.2) is 0 Å². The summed E-state index contributed by atoms with van der Waals surface area (Å²) in [6, 6.07) is 0. The molecule has 1 heterocycles. The number of esters is 1. The van der Waals surface area contributed by atoms with Gasteiger partial charge < -0.3 is 19.5 Å². The lowest BCUT2D eigenvalue weighted by atomic mass is 10.3. The molecule has 0 fully saturated rings. The molecule has 0 radical (unpaired) electrons. The number of hydrogen-bond donors (Lipinski definition) is 2. The fourth-order valence-electron chi connectivity index (χ4n) is 0.991. The molecule has 2 N–H and O–H groups in total. The molecule has 0 aliphatic carbocycles. The fraction of sp³-hybridized carbons (Fsp3) is 0.250. The maximum Gasteiger partial charge on any atom is 0.341 e. The molecule has 0 aromatic carbocycles. The van der Waals surface area contributed by atoms with E-state index in [-0.39, 0.29) is 11.3 Å². The maximum atomic E-state index is 10.7. The SMILES string of the molecule is CC(=O)Oc1c(C(=O)O)cn(C)c1O. The average molecular weight is 199 g/mol. The summed E-state index contributed by atoms with van der Waals surface area (Å²) in [5, 5.41) is 18.0. The molecule has 0 amide bonds. The molecule has 6 nitrogen and oxygen atoms in total. The van der Waals surface area contributed by atoms with Crippen molar-refractivity contribution >= 4 is 11.9 Å². The number of aromatic nitrogens is 1. The summed E-state index contributed by atoms with van der Waals surface area (Å²) in [7, 11) is 1.44. The summed E-state index contributed by atoms with van der Waals surface area (Å²) < 4.78 is 5.72. The normalized spacial score (nSPS) is 9.86. The Balaban J connectivity index is 3.23. The third kappa shape index (κ3) is 1.68. The third-order valence-corrected chi connectivity index (χ3v) is 1.58. The largest absolute Gasteiger partial charge is 0.492 e. The topological polar surface area (TPSA) is 88.8 Å². The van der Waals surface area contributed by atoms with Gasteiger partial charge in [0.1, 0.15) is 5.56 Å². The van der Waals surface area contributed by atoms with Gasteiger partial charge in [-0.2, -0.15) is 0 Å². The van der Waals surface area contributed by atoms with Crippen LogP contribution in [-0.4, -0.2) is 26.7 Å². The molecule has 0 saturated carbocycles. The highest BCUT2D eigenvalue weighted by Crippen LogP contribution is 2.31. The van der Waals surface area contributed by atoms with Crippen molar-refractivity contribution in [2.75, 3.05) is 0 Å². The van der Waals surface area contributed by atoms with E-state index < -0.39 is 17.8 Å². The molecule has 0 unspecified atom stereocenters. The van der Waals surface area contributed by atoms with Gasteiger partial charge in [0.2, 0.25) is 11.6 Å². The molecular formula is C8H9NO5. The fourth-order valence-corrected chi connectivity index (χ4v) is 0.991. The number of carboxylic acid groups (broad SMARTS) is 1. The lowest BCUT2D eigenvalue weighted by molar-refractivity contribution is -0.132. The Morgan fingerprint density at radius 2 is 2.07 bits per heavy atom. The number of ether oxygens (including phenoxy) is 1. The van der Waals surface area contributed by atoms with E-state index in [1.54, 1.807) is 0 Å². The van der Waals surface area contributed by atoms with E-state index in [1.807, 2.05) is 0 Å². The van der Waals surface area contributed by atoms with Crippen LogP contribution in [0.25, 0.3) is 0 Å². The molecule has 0 bridgehead atoms. The predicted molar refractivity (Wildman–Crippen MR) is 45.3 cm³/mol. The standard InChI is InChI=1S/C8H9NO5/c1-4(10)14-6-5(8(12)13)3-9(2)7(6)11/h3,11H,1-2H3,(H,12,13). The monoisotopic (exact) mass is 199 g/mol. The van der Waals surface area contributed by atoms with Crippen molar-refractivity contribution < 1.29 is 24.5 Å². The van der Waals surface area contributed by atoms with Crippen LogP contribution >= 0.6 is 0 Å². The summed E-state index contributed by atoms with van der Waals surface area (Å²) in [6.07, 6.45) is 1.16. The summed E-state index contributed by atoms with van der Waals surface area (Å²) >= 11 is 0. The first-order valence-electron chi connectivity index (χ1n) is 3.73. The number of carbonyl (C=O) groups excluding carboxylic acids is 1. The molecule has 0 spiro atoms. The third-order valence-electron chi connectivity index (χ3n) is 1.58. The lowest BCUT2D eigenvalue weighted by Gasteiger charge is -2.00. The summed E-state index contributed by atoms with van der Waals surface area (Å²) in [4.78, 5) is 21.3. The number of rotatable bonds is 2. The molecule has 1 aromatic rings. The number of aryl methyl sites for hydroxylation is 1. The Bertz CT molecular complexity index is 393. The Morgan fingerprint density at radius 1 is 1.50 bits per heavy atom. The number of aromatic carboxylic acids is 1. The molecule has 0 aliphatic heterocycles. The second kappa shape index (κ2) is 3.41. The first-order valence-corrected chi connectivity index (χ1v) is 3.73. The van der Waals surface area contributed by atoms with Gasteiger partial charge in [-0.3, -0.25) is 4.79 Å². The van der Waals surface area contributed by atoms with Gasteiger partial charge in [0.25, 0.3) is 0 Å². The Hall–Kier alpha value is -1.98. The number of hydrogen-bond acceptors (Lipinski definition) is 4. The Labute approximate surface area is 79.3 Å². The first-order chi connectivity index (χ1) is 6.43. The molecule has 1 aromatic heterocycles. The molecule has 0 saturated heterocycles. The van der Waals surface area contributed by atoms with Gasteiger partial charge in [0.05, 0.1) is 0 Å². The van der Waals surface area contributed by atoms with E-state index in [2.05, 4.69) is 4.74 Å². The maximum absolute atomic E-state index is 10.7. The van der Waals surface area contributed by atoms with Crippen molar-refractivity contribution in [1.82, 2.24) is 4.57 Å². The van der Waals surface area contributed by atoms with Crippen LogP contribution in [0.5, 0.6) is 11.6 Å². The zero-order chi connectivity index (χ0) is 10.9. The van der Waals surface area contributed by atoms with Gasteiger partial charge >= 0.3 is 11.9 Å². The van der Waals surface area contributed by atoms with Crippen LogP contribution in [0.1, 0.15) is 17.3 Å². The van der Waals surface area contributed by atoms with Gasteiger partial charge in [-0.1, -0.05) is 0 Å². The minimum Gasteiger partial charge on any atom is -0.492 e. The van der Waals surface area contributed by atoms with E-state index in [0.29, 0.717) is 0 Å². The van der Waals surface area contributed by atoms with Crippen LogP contribution in [0.15, 0.2) is 6.20 Å². The zero-order valence-electron chi connectivity index (χ0n) is 7.64. The van der Waals surface area contributed by atoms with Gasteiger partial charge in [-0.05, 0) is 0 Å². The minimum atomic E-state index is -1.27.